The molecule has 0 spiro atoms. The third-order valence-corrected chi connectivity index (χ3v) is 4.39. The molecule has 1 aliphatic heterocycles. The van der Waals surface area contributed by atoms with Crippen molar-refractivity contribution < 1.29 is 19.1 Å². The number of carbonyl (C=O) groups is 3. The fourth-order valence-electron chi connectivity index (χ4n) is 3.20. The lowest BCUT2D eigenvalue weighted by molar-refractivity contribution is -0.144. The third kappa shape index (κ3) is 2.89. The Bertz CT molecular complexity index is 569. The van der Waals surface area contributed by atoms with Crippen LogP contribution in [0.5, 0.6) is 0 Å². The Kier molecular flexibility index (Phi) is 4.22. The number of hydrogen-bond donors (Lipinski definition) is 0. The largest absolute Gasteiger partial charge is 0.464 e. The van der Waals surface area contributed by atoms with Crippen LogP contribution in [-0.4, -0.2) is 35.8 Å². The van der Waals surface area contributed by atoms with E-state index in [0.29, 0.717) is 23.5 Å². The lowest BCUT2D eigenvalue weighted by Crippen LogP contribution is -2.33. The van der Waals surface area contributed by atoms with E-state index < -0.39 is 0 Å². The van der Waals surface area contributed by atoms with Crippen LogP contribution in [0.1, 0.15) is 52.8 Å². The van der Waals surface area contributed by atoms with E-state index in [1.54, 1.807) is 24.3 Å². The summed E-state index contributed by atoms with van der Waals surface area (Å²) in [7, 11) is 0. The minimum Gasteiger partial charge on any atom is -0.464 e. The van der Waals surface area contributed by atoms with Crippen molar-refractivity contribution in [2.24, 2.45) is 5.92 Å². The van der Waals surface area contributed by atoms with Crippen LogP contribution >= 0.6 is 0 Å². The number of esters is 1. The van der Waals surface area contributed by atoms with Crippen LogP contribution in [0.2, 0.25) is 0 Å². The zero-order valence-corrected chi connectivity index (χ0v) is 12.4. The van der Waals surface area contributed by atoms with Crippen molar-refractivity contribution in [2.45, 2.75) is 32.1 Å². The standard InChI is InChI=1S/C17H19NO4/c19-15(11-12-5-1-2-6-12)22-10-9-18-16(20)13-7-3-4-8-14(13)17(18)21/h3-4,7-8,12H,1-2,5-6,9-11H2. The average molecular weight is 301 g/mol. The van der Waals surface area contributed by atoms with Crippen molar-refractivity contribution in [2.75, 3.05) is 13.2 Å². The predicted molar refractivity (Wildman–Crippen MR) is 79.3 cm³/mol. The van der Waals surface area contributed by atoms with Gasteiger partial charge in [-0.25, -0.2) is 0 Å². The van der Waals surface area contributed by atoms with Crippen molar-refractivity contribution >= 4 is 17.8 Å². The zero-order chi connectivity index (χ0) is 15.5. The van der Waals surface area contributed by atoms with Crippen LogP contribution < -0.4 is 0 Å². The normalized spacial score (nSPS) is 17.9. The topological polar surface area (TPSA) is 63.7 Å². The lowest BCUT2D eigenvalue weighted by Gasteiger charge is -2.14. The van der Waals surface area contributed by atoms with Gasteiger partial charge < -0.3 is 4.74 Å². The SMILES string of the molecule is O=C(CC1CCCC1)OCCN1C(=O)c2ccccc2C1=O. The van der Waals surface area contributed by atoms with Crippen molar-refractivity contribution in [3.63, 3.8) is 0 Å². The summed E-state index contributed by atoms with van der Waals surface area (Å²) < 4.78 is 5.18. The van der Waals surface area contributed by atoms with Gasteiger partial charge in [-0.1, -0.05) is 25.0 Å². The highest BCUT2D eigenvalue weighted by Crippen LogP contribution is 2.27. The van der Waals surface area contributed by atoms with Gasteiger partial charge in [-0.15, -0.1) is 0 Å². The van der Waals surface area contributed by atoms with Gasteiger partial charge in [0.2, 0.25) is 0 Å². The van der Waals surface area contributed by atoms with E-state index in [0.717, 1.165) is 17.7 Å². The summed E-state index contributed by atoms with van der Waals surface area (Å²) in [5.41, 5.74) is 0.842. The molecule has 1 heterocycles. The summed E-state index contributed by atoms with van der Waals surface area (Å²) in [5, 5.41) is 0. The maximum absolute atomic E-state index is 12.1. The summed E-state index contributed by atoms with van der Waals surface area (Å²) in [6, 6.07) is 6.74. The van der Waals surface area contributed by atoms with E-state index in [1.165, 1.54) is 12.8 Å². The summed E-state index contributed by atoms with van der Waals surface area (Å²) in [6.45, 7) is 0.180. The number of fused-ring (bicyclic) bond motifs is 1. The van der Waals surface area contributed by atoms with Crippen LogP contribution in [0.25, 0.3) is 0 Å². The highest BCUT2D eigenvalue weighted by atomic mass is 16.5. The van der Waals surface area contributed by atoms with E-state index in [4.69, 9.17) is 4.74 Å². The van der Waals surface area contributed by atoms with Crippen molar-refractivity contribution in [3.8, 4) is 0 Å². The van der Waals surface area contributed by atoms with Gasteiger partial charge in [0.25, 0.3) is 11.8 Å². The smallest absolute Gasteiger partial charge is 0.306 e. The molecule has 116 valence electrons. The van der Waals surface area contributed by atoms with Gasteiger partial charge in [0, 0.05) is 6.42 Å². The molecule has 5 heteroatoms. The highest BCUT2D eigenvalue weighted by molar-refractivity contribution is 6.21. The molecule has 2 amide bonds. The molecule has 0 atom stereocenters. The maximum Gasteiger partial charge on any atom is 0.306 e. The Morgan fingerprint density at radius 3 is 2.27 bits per heavy atom. The highest BCUT2D eigenvalue weighted by Gasteiger charge is 2.34. The van der Waals surface area contributed by atoms with Crippen LogP contribution in [0.3, 0.4) is 0 Å². The molecule has 0 radical (unpaired) electrons. The molecule has 1 aliphatic carbocycles. The first kappa shape index (κ1) is 14.8. The number of carbonyl (C=O) groups excluding carboxylic acids is 3. The first-order chi connectivity index (χ1) is 10.7. The van der Waals surface area contributed by atoms with Crippen LogP contribution in [0.15, 0.2) is 24.3 Å². The van der Waals surface area contributed by atoms with Crippen LogP contribution in [0, 0.1) is 5.92 Å². The number of benzene rings is 1. The third-order valence-electron chi connectivity index (χ3n) is 4.39. The predicted octanol–water partition coefficient (Wildman–Crippen LogP) is 2.41. The first-order valence-corrected chi connectivity index (χ1v) is 7.77. The summed E-state index contributed by atoms with van der Waals surface area (Å²) in [4.78, 5) is 37.1. The second-order valence-corrected chi connectivity index (χ2v) is 5.88. The Morgan fingerprint density at radius 1 is 1.09 bits per heavy atom. The fourth-order valence-corrected chi connectivity index (χ4v) is 3.20. The summed E-state index contributed by atoms with van der Waals surface area (Å²) in [6.07, 6.45) is 5.00. The second kappa shape index (κ2) is 6.30. The monoisotopic (exact) mass is 301 g/mol. The van der Waals surface area contributed by atoms with Gasteiger partial charge in [-0.2, -0.15) is 0 Å². The van der Waals surface area contributed by atoms with Crippen molar-refractivity contribution in [1.82, 2.24) is 4.90 Å². The molecule has 0 unspecified atom stereocenters. The summed E-state index contributed by atoms with van der Waals surface area (Å²) >= 11 is 0. The average Bonchev–Trinajstić information content (AvgIpc) is 3.10. The molecule has 0 N–H and O–H groups in total. The maximum atomic E-state index is 12.1. The molecule has 0 saturated heterocycles. The minimum atomic E-state index is -0.313. The molecule has 0 aromatic heterocycles. The Labute approximate surface area is 129 Å². The quantitative estimate of drug-likeness (QED) is 0.619. The van der Waals surface area contributed by atoms with Gasteiger partial charge in [0.15, 0.2) is 0 Å². The van der Waals surface area contributed by atoms with Gasteiger partial charge in [0.1, 0.15) is 6.61 Å². The Hall–Kier alpha value is -2.17. The molecule has 0 bridgehead atoms. The molecular weight excluding hydrogens is 282 g/mol. The molecule has 2 aliphatic rings. The molecule has 3 rings (SSSR count). The molecule has 1 aromatic carbocycles. The Balaban J connectivity index is 1.49. The van der Waals surface area contributed by atoms with E-state index in [9.17, 15) is 14.4 Å². The number of imide groups is 1. The molecule has 1 fully saturated rings. The number of ether oxygens (including phenoxy) is 1. The number of hydrogen-bond acceptors (Lipinski definition) is 4. The molecular formula is C17H19NO4. The molecule has 1 aromatic rings. The van der Waals surface area contributed by atoms with Crippen LogP contribution in [-0.2, 0) is 9.53 Å². The van der Waals surface area contributed by atoms with Gasteiger partial charge in [0.05, 0.1) is 17.7 Å². The van der Waals surface area contributed by atoms with Gasteiger partial charge in [-0.3, -0.25) is 19.3 Å². The molecule has 5 nitrogen and oxygen atoms in total. The summed E-state index contributed by atoms with van der Waals surface area (Å²) in [5.74, 6) is -0.421. The van der Waals surface area contributed by atoms with E-state index in [2.05, 4.69) is 0 Å². The lowest BCUT2D eigenvalue weighted by atomic mass is 10.1. The van der Waals surface area contributed by atoms with Gasteiger partial charge >= 0.3 is 5.97 Å². The number of rotatable bonds is 5. The first-order valence-electron chi connectivity index (χ1n) is 7.77. The van der Waals surface area contributed by atoms with E-state index >= 15 is 0 Å². The van der Waals surface area contributed by atoms with Crippen LogP contribution in [0.4, 0.5) is 0 Å². The van der Waals surface area contributed by atoms with E-state index in [-0.39, 0.29) is 30.9 Å². The van der Waals surface area contributed by atoms with Crippen molar-refractivity contribution in [1.29, 1.82) is 0 Å². The zero-order valence-electron chi connectivity index (χ0n) is 12.4. The number of nitrogens with zero attached hydrogens (tertiary/aromatic N) is 1. The van der Waals surface area contributed by atoms with E-state index in [1.807, 2.05) is 0 Å². The number of amides is 2. The molecule has 22 heavy (non-hydrogen) atoms. The van der Waals surface area contributed by atoms with Crippen molar-refractivity contribution in [3.05, 3.63) is 35.4 Å². The molecule has 1 saturated carbocycles. The van der Waals surface area contributed by atoms with Gasteiger partial charge in [-0.05, 0) is 30.9 Å². The minimum absolute atomic E-state index is 0.0665. The Morgan fingerprint density at radius 2 is 1.68 bits per heavy atom. The fraction of sp³-hybridized carbons (Fsp3) is 0.471. The second-order valence-electron chi connectivity index (χ2n) is 5.88.